The predicted octanol–water partition coefficient (Wildman–Crippen LogP) is 0.533. The van der Waals surface area contributed by atoms with Crippen molar-refractivity contribution in [2.45, 2.75) is 6.04 Å². The molecule has 0 saturated carbocycles. The van der Waals surface area contributed by atoms with Gasteiger partial charge in [0, 0.05) is 56.0 Å². The maximum atomic E-state index is 11.5. The van der Waals surface area contributed by atoms with Gasteiger partial charge in [-0.3, -0.25) is 9.69 Å². The lowest BCUT2D eigenvalue weighted by Gasteiger charge is -2.48. The zero-order valence-corrected chi connectivity index (χ0v) is 12.1. The second-order valence-corrected chi connectivity index (χ2v) is 5.81. The Labute approximate surface area is 123 Å². The van der Waals surface area contributed by atoms with Crippen LogP contribution in [-0.2, 0) is 0 Å². The Bertz CT molecular complexity index is 510. The molecule has 0 bridgehead atoms. The molecule has 108 valence electrons. The maximum absolute atomic E-state index is 11.5. The smallest absolute Gasteiger partial charge is 0.250 e. The van der Waals surface area contributed by atoms with Crippen LogP contribution in [-0.4, -0.2) is 56.1 Å². The molecule has 0 radical (unpaired) electrons. The summed E-state index contributed by atoms with van der Waals surface area (Å²) in [6.07, 6.45) is 0. The molecule has 2 fully saturated rings. The minimum atomic E-state index is -0.423. The van der Waals surface area contributed by atoms with Crippen LogP contribution in [0.25, 0.3) is 0 Å². The van der Waals surface area contributed by atoms with Gasteiger partial charge in [0.25, 0.3) is 5.91 Å². The summed E-state index contributed by atoms with van der Waals surface area (Å²) in [4.78, 5) is 16.2. The van der Waals surface area contributed by atoms with Gasteiger partial charge in [-0.15, -0.1) is 0 Å². The number of carbonyl (C=O) groups excluding carboxylic acids is 1. The summed E-state index contributed by atoms with van der Waals surface area (Å²) in [5.41, 5.74) is 6.84. The van der Waals surface area contributed by atoms with Crippen molar-refractivity contribution in [1.82, 2.24) is 10.2 Å². The number of nitrogens with two attached hydrogens (primary N) is 1. The second-order valence-electron chi connectivity index (χ2n) is 5.37. The summed E-state index contributed by atoms with van der Waals surface area (Å²) in [5.74, 6) is -0.423. The van der Waals surface area contributed by atoms with E-state index in [-0.39, 0.29) is 0 Å². The lowest BCUT2D eigenvalue weighted by Crippen LogP contribution is -2.63. The number of halogens is 1. The van der Waals surface area contributed by atoms with Gasteiger partial charge in [-0.2, -0.15) is 0 Å². The number of amides is 1. The summed E-state index contributed by atoms with van der Waals surface area (Å²) in [6, 6.07) is 5.92. The molecule has 2 heterocycles. The zero-order chi connectivity index (χ0) is 14.1. The highest BCUT2D eigenvalue weighted by Crippen LogP contribution is 2.29. The number of anilines is 1. The first kappa shape index (κ1) is 13.7. The molecule has 0 unspecified atom stereocenters. The molecule has 3 rings (SSSR count). The summed E-state index contributed by atoms with van der Waals surface area (Å²) >= 11 is 5.94. The van der Waals surface area contributed by atoms with Gasteiger partial charge >= 0.3 is 0 Å². The average Bonchev–Trinajstić information content (AvgIpc) is 2.39. The third-order valence-corrected chi connectivity index (χ3v) is 4.33. The first-order valence-corrected chi connectivity index (χ1v) is 7.32. The van der Waals surface area contributed by atoms with Crippen molar-refractivity contribution < 1.29 is 4.79 Å². The molecule has 0 aliphatic carbocycles. The molecule has 0 spiro atoms. The first-order chi connectivity index (χ1) is 9.65. The Morgan fingerprint density at radius 2 is 2.00 bits per heavy atom. The average molecular weight is 295 g/mol. The third-order valence-electron chi connectivity index (χ3n) is 4.10. The SMILES string of the molecule is NC(=O)c1cc(Cl)ccc1N1CC(N2CCNCC2)C1. The number of carbonyl (C=O) groups is 1. The molecular formula is C14H19ClN4O. The highest BCUT2D eigenvalue weighted by Gasteiger charge is 2.33. The molecule has 1 aromatic carbocycles. The fraction of sp³-hybridized carbons (Fsp3) is 0.500. The van der Waals surface area contributed by atoms with Crippen molar-refractivity contribution in [3.63, 3.8) is 0 Å². The van der Waals surface area contributed by atoms with Crippen molar-refractivity contribution in [2.75, 3.05) is 44.2 Å². The fourth-order valence-corrected chi connectivity index (χ4v) is 3.08. The highest BCUT2D eigenvalue weighted by molar-refractivity contribution is 6.31. The van der Waals surface area contributed by atoms with Crippen LogP contribution in [0.3, 0.4) is 0 Å². The van der Waals surface area contributed by atoms with Crippen LogP contribution in [0.5, 0.6) is 0 Å². The Morgan fingerprint density at radius 1 is 1.30 bits per heavy atom. The molecule has 2 aliphatic heterocycles. The van der Waals surface area contributed by atoms with Crippen LogP contribution in [0.15, 0.2) is 18.2 Å². The molecular weight excluding hydrogens is 276 g/mol. The lowest BCUT2D eigenvalue weighted by atomic mass is 10.0. The van der Waals surface area contributed by atoms with E-state index >= 15 is 0 Å². The number of nitrogens with zero attached hydrogens (tertiary/aromatic N) is 2. The van der Waals surface area contributed by atoms with E-state index in [4.69, 9.17) is 17.3 Å². The van der Waals surface area contributed by atoms with Gasteiger partial charge in [0.05, 0.1) is 5.56 Å². The number of piperazine rings is 1. The Kier molecular flexibility index (Phi) is 3.83. The van der Waals surface area contributed by atoms with E-state index in [1.807, 2.05) is 12.1 Å². The number of benzene rings is 1. The largest absolute Gasteiger partial charge is 0.368 e. The topological polar surface area (TPSA) is 61.6 Å². The van der Waals surface area contributed by atoms with Crippen LogP contribution in [0, 0.1) is 0 Å². The molecule has 3 N–H and O–H groups in total. The molecule has 1 amide bonds. The summed E-state index contributed by atoms with van der Waals surface area (Å²) in [7, 11) is 0. The van der Waals surface area contributed by atoms with Crippen molar-refractivity contribution in [3.05, 3.63) is 28.8 Å². The van der Waals surface area contributed by atoms with Gasteiger partial charge in [0.1, 0.15) is 0 Å². The van der Waals surface area contributed by atoms with E-state index in [1.165, 1.54) is 0 Å². The first-order valence-electron chi connectivity index (χ1n) is 6.94. The summed E-state index contributed by atoms with van der Waals surface area (Å²) in [5, 5.41) is 3.90. The monoisotopic (exact) mass is 294 g/mol. The molecule has 6 heteroatoms. The molecule has 2 saturated heterocycles. The number of primary amides is 1. The standard InChI is InChI=1S/C14H19ClN4O/c15-10-1-2-13(12(7-10)14(16)20)19-8-11(9-19)18-5-3-17-4-6-18/h1-2,7,11,17H,3-6,8-9H2,(H2,16,20). The van der Waals surface area contributed by atoms with Crippen LogP contribution in [0.4, 0.5) is 5.69 Å². The molecule has 0 atom stereocenters. The third kappa shape index (κ3) is 2.61. The van der Waals surface area contributed by atoms with Crippen molar-refractivity contribution in [2.24, 2.45) is 5.73 Å². The van der Waals surface area contributed by atoms with Gasteiger partial charge in [-0.1, -0.05) is 11.6 Å². The lowest BCUT2D eigenvalue weighted by molar-refractivity contribution is 0.0999. The molecule has 0 aromatic heterocycles. The number of rotatable bonds is 3. The van der Waals surface area contributed by atoms with E-state index in [0.29, 0.717) is 16.6 Å². The van der Waals surface area contributed by atoms with E-state index in [0.717, 1.165) is 45.0 Å². The number of nitrogens with one attached hydrogen (secondary N) is 1. The van der Waals surface area contributed by atoms with Crippen LogP contribution in [0.2, 0.25) is 5.02 Å². The second kappa shape index (κ2) is 5.60. The molecule has 2 aliphatic rings. The van der Waals surface area contributed by atoms with Crippen molar-refractivity contribution in [1.29, 1.82) is 0 Å². The Hall–Kier alpha value is -1.30. The van der Waals surface area contributed by atoms with E-state index in [9.17, 15) is 4.79 Å². The van der Waals surface area contributed by atoms with Crippen LogP contribution >= 0.6 is 11.6 Å². The molecule has 1 aromatic rings. The van der Waals surface area contributed by atoms with Gasteiger partial charge in [0.2, 0.25) is 0 Å². The number of hydrogen-bond donors (Lipinski definition) is 2. The summed E-state index contributed by atoms with van der Waals surface area (Å²) < 4.78 is 0. The highest BCUT2D eigenvalue weighted by atomic mass is 35.5. The van der Waals surface area contributed by atoms with Gasteiger partial charge in [-0.05, 0) is 18.2 Å². The Balaban J connectivity index is 1.68. The quantitative estimate of drug-likeness (QED) is 0.854. The molecule has 5 nitrogen and oxygen atoms in total. The zero-order valence-electron chi connectivity index (χ0n) is 11.3. The maximum Gasteiger partial charge on any atom is 0.250 e. The van der Waals surface area contributed by atoms with E-state index in [2.05, 4.69) is 15.1 Å². The fourth-order valence-electron chi connectivity index (χ4n) is 2.91. The Morgan fingerprint density at radius 3 is 2.65 bits per heavy atom. The van der Waals surface area contributed by atoms with Crippen molar-refractivity contribution in [3.8, 4) is 0 Å². The number of hydrogen-bond acceptors (Lipinski definition) is 4. The summed E-state index contributed by atoms with van der Waals surface area (Å²) in [6.45, 7) is 6.21. The molecule has 20 heavy (non-hydrogen) atoms. The predicted molar refractivity (Wildman–Crippen MR) is 80.4 cm³/mol. The normalized spacial score (nSPS) is 20.8. The van der Waals surface area contributed by atoms with Gasteiger partial charge in [-0.25, -0.2) is 0 Å². The van der Waals surface area contributed by atoms with Crippen molar-refractivity contribution >= 4 is 23.2 Å². The minimum Gasteiger partial charge on any atom is -0.368 e. The van der Waals surface area contributed by atoms with Gasteiger partial charge in [0.15, 0.2) is 0 Å². The van der Waals surface area contributed by atoms with Gasteiger partial charge < -0.3 is 16.0 Å². The van der Waals surface area contributed by atoms with E-state index < -0.39 is 5.91 Å². The van der Waals surface area contributed by atoms with Crippen LogP contribution in [0.1, 0.15) is 10.4 Å². The van der Waals surface area contributed by atoms with Crippen LogP contribution < -0.4 is 16.0 Å². The van der Waals surface area contributed by atoms with E-state index in [1.54, 1.807) is 6.07 Å². The minimum absolute atomic E-state index is 0.423.